The maximum atomic E-state index is 13.7. The van der Waals surface area contributed by atoms with Gasteiger partial charge in [-0.25, -0.2) is 8.78 Å². The summed E-state index contributed by atoms with van der Waals surface area (Å²) in [5.41, 5.74) is 0.413. The fourth-order valence-electron chi connectivity index (χ4n) is 3.73. The molecule has 1 aromatic carbocycles. The number of likely N-dealkylation sites (tertiary alicyclic amines) is 1. The lowest BCUT2D eigenvalue weighted by atomic mass is 9.94. The number of rotatable bonds is 4. The molecule has 1 amide bonds. The van der Waals surface area contributed by atoms with Gasteiger partial charge >= 0.3 is 0 Å². The fraction of sp³-hybridized carbons (Fsp3) is 0.611. The molecule has 1 aromatic rings. The number of piperidine rings is 1. The highest BCUT2D eigenvalue weighted by atomic mass is 19.3. The smallest absolute Gasteiger partial charge is 0.252 e. The number of amides is 1. The molecule has 4 nitrogen and oxygen atoms in total. The zero-order valence-electron chi connectivity index (χ0n) is 13.7. The summed E-state index contributed by atoms with van der Waals surface area (Å²) < 4.78 is 27.5. The highest BCUT2D eigenvalue weighted by Crippen LogP contribution is 2.41. The fourth-order valence-corrected chi connectivity index (χ4v) is 3.73. The number of phenols is 1. The molecule has 1 saturated carbocycles. The zero-order chi connectivity index (χ0) is 17.2. The van der Waals surface area contributed by atoms with E-state index in [4.69, 9.17) is 0 Å². The predicted molar refractivity (Wildman–Crippen MR) is 88.2 cm³/mol. The molecule has 24 heavy (non-hydrogen) atoms. The van der Waals surface area contributed by atoms with Crippen LogP contribution < -0.4 is 5.32 Å². The molecular weight excluding hydrogens is 314 g/mol. The topological polar surface area (TPSA) is 52.6 Å². The lowest BCUT2D eigenvalue weighted by Gasteiger charge is -2.34. The third kappa shape index (κ3) is 3.86. The summed E-state index contributed by atoms with van der Waals surface area (Å²) in [6.07, 6.45) is 2.55. The molecule has 1 aliphatic heterocycles. The van der Waals surface area contributed by atoms with E-state index in [9.17, 15) is 18.7 Å². The Labute approximate surface area is 140 Å². The first-order valence-corrected chi connectivity index (χ1v) is 8.65. The number of benzene rings is 1. The first-order chi connectivity index (χ1) is 11.5. The summed E-state index contributed by atoms with van der Waals surface area (Å²) in [7, 11) is 0. The van der Waals surface area contributed by atoms with Crippen LogP contribution >= 0.6 is 0 Å². The molecule has 132 valence electrons. The number of aromatic hydroxyl groups is 1. The second kappa shape index (κ2) is 7.05. The largest absolute Gasteiger partial charge is 0.506 e. The van der Waals surface area contributed by atoms with Gasteiger partial charge < -0.3 is 15.3 Å². The van der Waals surface area contributed by atoms with E-state index in [-0.39, 0.29) is 24.0 Å². The van der Waals surface area contributed by atoms with Crippen LogP contribution in [-0.2, 0) is 4.79 Å². The number of hydrogen-bond donors (Lipinski definition) is 2. The standard InChI is InChI=1S/C18H24F2N2O2/c19-18(20)9-3-4-14(18)12-22-10-7-13(8-11-22)17(24)21-15-5-1-2-6-16(15)23/h1-2,5-6,13-14,23H,3-4,7-12H2,(H,21,24). The molecule has 0 radical (unpaired) electrons. The van der Waals surface area contributed by atoms with Crippen LogP contribution in [0.1, 0.15) is 32.1 Å². The van der Waals surface area contributed by atoms with E-state index in [2.05, 4.69) is 10.2 Å². The van der Waals surface area contributed by atoms with E-state index in [1.54, 1.807) is 18.2 Å². The van der Waals surface area contributed by atoms with Gasteiger partial charge in [-0.05, 0) is 50.9 Å². The highest BCUT2D eigenvalue weighted by Gasteiger charge is 2.44. The van der Waals surface area contributed by atoms with Gasteiger partial charge in [-0.1, -0.05) is 12.1 Å². The van der Waals surface area contributed by atoms with Crippen molar-refractivity contribution in [3.05, 3.63) is 24.3 Å². The van der Waals surface area contributed by atoms with Gasteiger partial charge in [0.05, 0.1) is 5.69 Å². The average molecular weight is 338 g/mol. The number of nitrogens with zero attached hydrogens (tertiary/aromatic N) is 1. The number of carbonyl (C=O) groups is 1. The summed E-state index contributed by atoms with van der Waals surface area (Å²) in [5, 5.41) is 12.5. The van der Waals surface area contributed by atoms with Gasteiger partial charge in [-0.15, -0.1) is 0 Å². The van der Waals surface area contributed by atoms with Crippen molar-refractivity contribution < 1.29 is 18.7 Å². The van der Waals surface area contributed by atoms with Crippen LogP contribution in [0.15, 0.2) is 24.3 Å². The molecule has 2 aliphatic rings. The van der Waals surface area contributed by atoms with Crippen LogP contribution in [0.5, 0.6) is 5.75 Å². The minimum Gasteiger partial charge on any atom is -0.506 e. The number of para-hydroxylation sites is 2. The Hall–Kier alpha value is -1.69. The third-order valence-electron chi connectivity index (χ3n) is 5.26. The van der Waals surface area contributed by atoms with Gasteiger partial charge in [0.2, 0.25) is 5.91 Å². The number of halogens is 2. The number of carbonyl (C=O) groups excluding carboxylic acids is 1. The second-order valence-corrected chi connectivity index (χ2v) is 6.93. The molecule has 1 aliphatic carbocycles. The molecule has 1 atom stereocenters. The lowest BCUT2D eigenvalue weighted by Crippen LogP contribution is -2.42. The van der Waals surface area contributed by atoms with Crippen LogP contribution in [0, 0.1) is 11.8 Å². The minimum absolute atomic E-state index is 0.0110. The van der Waals surface area contributed by atoms with E-state index in [0.29, 0.717) is 51.0 Å². The van der Waals surface area contributed by atoms with Crippen molar-refractivity contribution in [2.45, 2.75) is 38.0 Å². The average Bonchev–Trinajstić information content (AvgIpc) is 2.89. The number of nitrogens with one attached hydrogen (secondary N) is 1. The summed E-state index contributed by atoms with van der Waals surface area (Å²) >= 11 is 0. The van der Waals surface area contributed by atoms with Crippen LogP contribution in [0.25, 0.3) is 0 Å². The molecule has 0 spiro atoms. The third-order valence-corrected chi connectivity index (χ3v) is 5.26. The van der Waals surface area contributed by atoms with Crippen molar-refractivity contribution in [1.82, 2.24) is 4.90 Å². The molecule has 6 heteroatoms. The second-order valence-electron chi connectivity index (χ2n) is 6.93. The molecule has 1 heterocycles. The van der Waals surface area contributed by atoms with Gasteiger partial charge in [0.1, 0.15) is 5.75 Å². The van der Waals surface area contributed by atoms with Crippen molar-refractivity contribution in [2.75, 3.05) is 25.0 Å². The molecule has 1 saturated heterocycles. The molecule has 0 aromatic heterocycles. The first kappa shape index (κ1) is 17.1. The summed E-state index contributed by atoms with van der Waals surface area (Å²) in [6, 6.07) is 6.63. The van der Waals surface area contributed by atoms with Crippen molar-refractivity contribution in [1.29, 1.82) is 0 Å². The minimum atomic E-state index is -2.53. The molecule has 2 N–H and O–H groups in total. The van der Waals surface area contributed by atoms with Crippen LogP contribution in [0.4, 0.5) is 14.5 Å². The number of phenolic OH excluding ortho intramolecular Hbond substituents is 1. The number of anilines is 1. The Morgan fingerprint density at radius 2 is 1.96 bits per heavy atom. The zero-order valence-corrected chi connectivity index (χ0v) is 13.7. The van der Waals surface area contributed by atoms with Gasteiger partial charge in [0.25, 0.3) is 5.92 Å². The maximum Gasteiger partial charge on any atom is 0.252 e. The molecule has 2 fully saturated rings. The van der Waals surface area contributed by atoms with E-state index in [1.165, 1.54) is 6.07 Å². The Morgan fingerprint density at radius 3 is 2.58 bits per heavy atom. The van der Waals surface area contributed by atoms with Gasteiger partial charge in [-0.2, -0.15) is 0 Å². The van der Waals surface area contributed by atoms with E-state index in [1.807, 2.05) is 0 Å². The lowest BCUT2D eigenvalue weighted by molar-refractivity contribution is -0.121. The Kier molecular flexibility index (Phi) is 5.04. The summed E-state index contributed by atoms with van der Waals surface area (Å²) in [4.78, 5) is 14.4. The first-order valence-electron chi connectivity index (χ1n) is 8.65. The van der Waals surface area contributed by atoms with Gasteiger partial charge in [-0.3, -0.25) is 4.79 Å². The van der Waals surface area contributed by atoms with E-state index < -0.39 is 11.8 Å². The molecule has 0 bridgehead atoms. The van der Waals surface area contributed by atoms with Crippen molar-refractivity contribution in [2.24, 2.45) is 11.8 Å². The summed E-state index contributed by atoms with van der Waals surface area (Å²) in [5.74, 6) is -3.26. The number of hydrogen-bond acceptors (Lipinski definition) is 3. The normalized spacial score (nSPS) is 24.8. The SMILES string of the molecule is O=C(Nc1ccccc1O)C1CCN(CC2CCCC2(F)F)CC1. The van der Waals surface area contributed by atoms with Crippen molar-refractivity contribution >= 4 is 11.6 Å². The van der Waals surface area contributed by atoms with Crippen LogP contribution in [0.3, 0.4) is 0 Å². The van der Waals surface area contributed by atoms with E-state index >= 15 is 0 Å². The highest BCUT2D eigenvalue weighted by molar-refractivity contribution is 5.93. The summed E-state index contributed by atoms with van der Waals surface area (Å²) in [6.45, 7) is 1.78. The van der Waals surface area contributed by atoms with Gasteiger partial charge in [0.15, 0.2) is 0 Å². The molecular formula is C18H24F2N2O2. The maximum absolute atomic E-state index is 13.7. The van der Waals surface area contributed by atoms with E-state index in [0.717, 1.165) is 0 Å². The monoisotopic (exact) mass is 338 g/mol. The van der Waals surface area contributed by atoms with Crippen molar-refractivity contribution in [3.63, 3.8) is 0 Å². The Morgan fingerprint density at radius 1 is 1.25 bits per heavy atom. The Balaban J connectivity index is 1.48. The molecule has 1 unspecified atom stereocenters. The predicted octanol–water partition coefficient (Wildman–Crippen LogP) is 3.48. The quantitative estimate of drug-likeness (QED) is 0.827. The number of alkyl halides is 2. The van der Waals surface area contributed by atoms with Crippen LogP contribution in [0.2, 0.25) is 0 Å². The van der Waals surface area contributed by atoms with Crippen molar-refractivity contribution in [3.8, 4) is 5.75 Å². The van der Waals surface area contributed by atoms with Gasteiger partial charge in [0, 0.05) is 24.8 Å². The molecule has 3 rings (SSSR count). The Bertz CT molecular complexity index is 586. The van der Waals surface area contributed by atoms with Crippen LogP contribution in [-0.4, -0.2) is 41.5 Å².